The van der Waals surface area contributed by atoms with Crippen molar-refractivity contribution in [2.45, 2.75) is 83.5 Å². The number of esters is 1. The van der Waals surface area contributed by atoms with Crippen LogP contribution < -0.4 is 21.1 Å². The Bertz CT molecular complexity index is 889. The standard InChI is InChI=1S/C28H46N4O5/c1-18-4-7-21(15-22(18)17-32-28(29)30-3)26(35)16-24(36-19(2)33)8-5-20-6-9-25(34)27(14-20)37-23-10-12-31-13-11-23/h6,9,14,18,21-24,26,31,34-35H,4-5,7-8,10-13,15-17H2,1-3H3,(H3,29,30,32)/t18-,21+,22-,24+,26+/m0/s1. The van der Waals surface area contributed by atoms with Gasteiger partial charge >= 0.3 is 5.97 Å². The Labute approximate surface area is 221 Å². The maximum absolute atomic E-state index is 11.8. The van der Waals surface area contributed by atoms with E-state index in [2.05, 4.69) is 22.5 Å². The van der Waals surface area contributed by atoms with E-state index in [1.807, 2.05) is 12.1 Å². The molecular weight excluding hydrogens is 472 g/mol. The van der Waals surface area contributed by atoms with Crippen LogP contribution in [0.4, 0.5) is 0 Å². The van der Waals surface area contributed by atoms with Gasteiger partial charge in [0.25, 0.3) is 0 Å². The second-order valence-electron chi connectivity index (χ2n) is 10.7. The summed E-state index contributed by atoms with van der Waals surface area (Å²) in [5, 5.41) is 27.9. The molecule has 2 aliphatic rings. The minimum absolute atomic E-state index is 0.0919. The number of benzene rings is 1. The van der Waals surface area contributed by atoms with Gasteiger partial charge in [0.05, 0.1) is 6.10 Å². The minimum Gasteiger partial charge on any atom is -0.504 e. The molecule has 208 valence electrons. The number of hydrogen-bond donors (Lipinski definition) is 5. The molecule has 1 aliphatic carbocycles. The van der Waals surface area contributed by atoms with E-state index in [-0.39, 0.29) is 29.8 Å². The molecule has 37 heavy (non-hydrogen) atoms. The first-order valence-corrected chi connectivity index (χ1v) is 13.8. The van der Waals surface area contributed by atoms with Crippen molar-refractivity contribution in [2.24, 2.45) is 28.5 Å². The van der Waals surface area contributed by atoms with Gasteiger partial charge in [0.15, 0.2) is 17.5 Å². The first-order valence-electron chi connectivity index (χ1n) is 13.8. The Morgan fingerprint density at radius 3 is 2.73 bits per heavy atom. The monoisotopic (exact) mass is 518 g/mol. The molecule has 1 saturated carbocycles. The fraction of sp³-hybridized carbons (Fsp3) is 0.714. The number of phenolic OH excluding ortho intramolecular Hbond substituents is 1. The molecule has 0 spiro atoms. The van der Waals surface area contributed by atoms with Gasteiger partial charge in [0, 0.05) is 26.9 Å². The fourth-order valence-electron chi connectivity index (χ4n) is 5.55. The van der Waals surface area contributed by atoms with Crippen molar-refractivity contribution < 1.29 is 24.5 Å². The van der Waals surface area contributed by atoms with Crippen molar-refractivity contribution in [3.05, 3.63) is 23.8 Å². The van der Waals surface area contributed by atoms with Crippen molar-refractivity contribution in [1.82, 2.24) is 10.6 Å². The maximum atomic E-state index is 11.8. The van der Waals surface area contributed by atoms with Crippen LogP contribution >= 0.6 is 0 Å². The fourth-order valence-corrected chi connectivity index (χ4v) is 5.55. The Balaban J connectivity index is 1.56. The molecule has 0 amide bonds. The van der Waals surface area contributed by atoms with Gasteiger partial charge in [-0.05, 0) is 87.1 Å². The third kappa shape index (κ3) is 9.38. The van der Waals surface area contributed by atoms with Gasteiger partial charge in [-0.3, -0.25) is 9.79 Å². The Morgan fingerprint density at radius 1 is 1.27 bits per heavy atom. The van der Waals surface area contributed by atoms with Gasteiger partial charge in [-0.15, -0.1) is 0 Å². The van der Waals surface area contributed by atoms with Crippen LogP contribution in [0.1, 0.15) is 64.4 Å². The van der Waals surface area contributed by atoms with Crippen LogP contribution in [0.2, 0.25) is 0 Å². The van der Waals surface area contributed by atoms with Crippen molar-refractivity contribution in [2.75, 3.05) is 26.7 Å². The van der Waals surface area contributed by atoms with E-state index in [1.165, 1.54) is 6.92 Å². The molecular formula is C28H46N4O5. The number of carbonyl (C=O) groups is 1. The van der Waals surface area contributed by atoms with Crippen LogP contribution in [0.15, 0.2) is 23.2 Å². The number of aliphatic imine (C=N–C) groups is 1. The molecule has 5 atom stereocenters. The molecule has 1 aromatic rings. The normalized spacial score (nSPS) is 24.8. The lowest BCUT2D eigenvalue weighted by Gasteiger charge is -2.37. The van der Waals surface area contributed by atoms with Gasteiger partial charge in [0.2, 0.25) is 0 Å². The molecule has 9 heteroatoms. The maximum Gasteiger partial charge on any atom is 0.302 e. The quantitative estimate of drug-likeness (QED) is 0.171. The summed E-state index contributed by atoms with van der Waals surface area (Å²) in [4.78, 5) is 15.8. The summed E-state index contributed by atoms with van der Waals surface area (Å²) < 4.78 is 11.7. The highest BCUT2D eigenvalue weighted by Crippen LogP contribution is 2.37. The molecule has 9 nitrogen and oxygen atoms in total. The lowest BCUT2D eigenvalue weighted by atomic mass is 9.72. The first-order chi connectivity index (χ1) is 17.7. The molecule has 0 aromatic heterocycles. The molecule has 1 aliphatic heterocycles. The van der Waals surface area contributed by atoms with Crippen LogP contribution in [-0.2, 0) is 16.0 Å². The lowest BCUT2D eigenvalue weighted by Crippen LogP contribution is -2.41. The minimum atomic E-state index is -0.546. The van der Waals surface area contributed by atoms with E-state index in [1.54, 1.807) is 13.1 Å². The van der Waals surface area contributed by atoms with E-state index >= 15 is 0 Å². The second-order valence-corrected chi connectivity index (χ2v) is 10.7. The number of phenols is 1. The Morgan fingerprint density at radius 2 is 2.03 bits per heavy atom. The summed E-state index contributed by atoms with van der Waals surface area (Å²) in [6.07, 6.45) is 5.53. The van der Waals surface area contributed by atoms with Crippen molar-refractivity contribution >= 4 is 11.9 Å². The smallest absolute Gasteiger partial charge is 0.302 e. The molecule has 0 bridgehead atoms. The average molecular weight is 519 g/mol. The highest BCUT2D eigenvalue weighted by molar-refractivity contribution is 5.77. The van der Waals surface area contributed by atoms with Gasteiger partial charge < -0.3 is 36.1 Å². The number of aliphatic hydroxyl groups is 1. The van der Waals surface area contributed by atoms with Crippen LogP contribution in [0.5, 0.6) is 11.5 Å². The van der Waals surface area contributed by atoms with Gasteiger partial charge in [-0.1, -0.05) is 19.4 Å². The molecule has 1 heterocycles. The summed E-state index contributed by atoms with van der Waals surface area (Å²) in [6.45, 7) is 6.22. The largest absolute Gasteiger partial charge is 0.504 e. The number of guanidine groups is 1. The van der Waals surface area contributed by atoms with E-state index in [9.17, 15) is 15.0 Å². The van der Waals surface area contributed by atoms with E-state index in [4.69, 9.17) is 15.2 Å². The van der Waals surface area contributed by atoms with Crippen LogP contribution in [0.25, 0.3) is 0 Å². The van der Waals surface area contributed by atoms with E-state index in [0.717, 1.165) is 57.3 Å². The first kappa shape index (κ1) is 29.0. The molecule has 1 aromatic carbocycles. The number of carbonyl (C=O) groups excluding carboxylic acids is 1. The Hall–Kier alpha value is -2.52. The van der Waals surface area contributed by atoms with Gasteiger partial charge in [-0.25, -0.2) is 0 Å². The number of nitrogens with zero attached hydrogens (tertiary/aromatic N) is 1. The molecule has 3 rings (SSSR count). The zero-order valence-electron chi connectivity index (χ0n) is 22.6. The third-order valence-corrected chi connectivity index (χ3v) is 7.93. The third-order valence-electron chi connectivity index (χ3n) is 7.93. The SMILES string of the molecule is CN=C(N)NC[C@@H]1C[C@H]([C@H](O)C[C@@H](CCc2ccc(O)c(OC3CCNCC3)c2)OC(C)=O)CC[C@@H]1C. The van der Waals surface area contributed by atoms with Crippen LogP contribution in [0.3, 0.4) is 0 Å². The number of aliphatic hydroxyl groups excluding tert-OH is 1. The van der Waals surface area contributed by atoms with E-state index in [0.29, 0.717) is 42.8 Å². The summed E-state index contributed by atoms with van der Waals surface area (Å²) in [5.41, 5.74) is 6.81. The number of rotatable bonds is 11. The summed E-state index contributed by atoms with van der Waals surface area (Å²) in [7, 11) is 1.66. The Kier molecular flexibility index (Phi) is 11.3. The average Bonchev–Trinajstić information content (AvgIpc) is 2.88. The van der Waals surface area contributed by atoms with E-state index < -0.39 is 6.10 Å². The molecule has 0 radical (unpaired) electrons. The number of piperidine rings is 1. The number of hydrogen-bond acceptors (Lipinski definition) is 7. The number of aromatic hydroxyl groups is 1. The number of nitrogens with two attached hydrogens (primary N) is 1. The highest BCUT2D eigenvalue weighted by Gasteiger charge is 2.33. The number of aryl methyl sites for hydroxylation is 1. The molecule has 1 saturated heterocycles. The van der Waals surface area contributed by atoms with Gasteiger partial charge in [-0.2, -0.15) is 0 Å². The summed E-state index contributed by atoms with van der Waals surface area (Å²) in [6, 6.07) is 5.41. The molecule has 6 N–H and O–H groups in total. The molecule has 0 unspecified atom stereocenters. The van der Waals surface area contributed by atoms with Crippen molar-refractivity contribution in [1.29, 1.82) is 0 Å². The van der Waals surface area contributed by atoms with Crippen molar-refractivity contribution in [3.8, 4) is 11.5 Å². The van der Waals surface area contributed by atoms with Gasteiger partial charge in [0.1, 0.15) is 12.2 Å². The zero-order chi connectivity index (χ0) is 26.8. The predicted octanol–water partition coefficient (Wildman–Crippen LogP) is 2.72. The topological polar surface area (TPSA) is 138 Å². The molecule has 2 fully saturated rings. The van der Waals surface area contributed by atoms with Crippen LogP contribution in [0, 0.1) is 17.8 Å². The zero-order valence-corrected chi connectivity index (χ0v) is 22.6. The summed E-state index contributed by atoms with van der Waals surface area (Å²) >= 11 is 0. The summed E-state index contributed by atoms with van der Waals surface area (Å²) in [5.74, 6) is 1.82. The second kappa shape index (κ2) is 14.4. The number of ether oxygens (including phenoxy) is 2. The van der Waals surface area contributed by atoms with Crippen LogP contribution in [-0.4, -0.2) is 67.1 Å². The van der Waals surface area contributed by atoms with Crippen molar-refractivity contribution in [3.63, 3.8) is 0 Å². The highest BCUT2D eigenvalue weighted by atomic mass is 16.5. The number of nitrogens with one attached hydrogen (secondary N) is 2. The lowest BCUT2D eigenvalue weighted by molar-refractivity contribution is -0.148. The predicted molar refractivity (Wildman–Crippen MR) is 145 cm³/mol.